The highest BCUT2D eigenvalue weighted by molar-refractivity contribution is 5.78. The van der Waals surface area contributed by atoms with Crippen LogP contribution in [-0.4, -0.2) is 46.5 Å². The number of nitrogens with zero attached hydrogens (tertiary/aromatic N) is 1. The molecule has 22 heavy (non-hydrogen) atoms. The van der Waals surface area contributed by atoms with Crippen molar-refractivity contribution in [1.29, 1.82) is 0 Å². The maximum atomic E-state index is 12.1. The zero-order valence-corrected chi connectivity index (χ0v) is 12.6. The van der Waals surface area contributed by atoms with E-state index in [4.69, 9.17) is 15.2 Å². The molecular formula is C15H20N2O5. The molecule has 7 nitrogen and oxygen atoms in total. The SMILES string of the molecule is CC1(C)OC[C@@H](C(N)C(=O)OCc2ccccc2)N1C(=O)O. The lowest BCUT2D eigenvalue weighted by atomic mass is 10.1. The van der Waals surface area contributed by atoms with Gasteiger partial charge in [0.05, 0.1) is 12.6 Å². The van der Waals surface area contributed by atoms with Crippen molar-refractivity contribution in [2.24, 2.45) is 5.73 Å². The highest BCUT2D eigenvalue weighted by Crippen LogP contribution is 2.28. The molecule has 1 aromatic carbocycles. The Hall–Kier alpha value is -2.12. The van der Waals surface area contributed by atoms with Gasteiger partial charge in [-0.1, -0.05) is 30.3 Å². The maximum Gasteiger partial charge on any atom is 0.409 e. The van der Waals surface area contributed by atoms with Gasteiger partial charge in [-0.25, -0.2) is 4.79 Å². The number of benzene rings is 1. The third-order valence-corrected chi connectivity index (χ3v) is 3.64. The van der Waals surface area contributed by atoms with E-state index in [9.17, 15) is 14.7 Å². The zero-order chi connectivity index (χ0) is 16.3. The van der Waals surface area contributed by atoms with Crippen LogP contribution in [0.1, 0.15) is 19.4 Å². The van der Waals surface area contributed by atoms with E-state index in [-0.39, 0.29) is 13.2 Å². The minimum atomic E-state index is -1.18. The lowest BCUT2D eigenvalue weighted by molar-refractivity contribution is -0.147. The molecule has 2 atom stereocenters. The molecule has 1 fully saturated rings. The van der Waals surface area contributed by atoms with Gasteiger partial charge in [-0.05, 0) is 19.4 Å². The first kappa shape index (κ1) is 16.3. The first-order valence-corrected chi connectivity index (χ1v) is 6.95. The smallest absolute Gasteiger partial charge is 0.409 e. The Labute approximate surface area is 128 Å². The van der Waals surface area contributed by atoms with Crippen LogP contribution in [0.3, 0.4) is 0 Å². The van der Waals surface area contributed by atoms with Gasteiger partial charge < -0.3 is 20.3 Å². The minimum Gasteiger partial charge on any atom is -0.465 e. The second-order valence-electron chi connectivity index (χ2n) is 5.60. The van der Waals surface area contributed by atoms with Gasteiger partial charge in [-0.2, -0.15) is 0 Å². The van der Waals surface area contributed by atoms with Gasteiger partial charge in [-0.15, -0.1) is 0 Å². The van der Waals surface area contributed by atoms with Crippen molar-refractivity contribution in [3.63, 3.8) is 0 Å². The third-order valence-electron chi connectivity index (χ3n) is 3.64. The van der Waals surface area contributed by atoms with Crippen LogP contribution < -0.4 is 5.73 Å². The minimum absolute atomic E-state index is 0.0565. The fourth-order valence-electron chi connectivity index (χ4n) is 2.45. The van der Waals surface area contributed by atoms with E-state index in [0.29, 0.717) is 0 Å². The summed E-state index contributed by atoms with van der Waals surface area (Å²) in [5, 5.41) is 9.30. The lowest BCUT2D eigenvalue weighted by Crippen LogP contribution is -2.56. The first-order chi connectivity index (χ1) is 10.3. The average molecular weight is 308 g/mol. The molecule has 0 bridgehead atoms. The lowest BCUT2D eigenvalue weighted by Gasteiger charge is -2.32. The number of carbonyl (C=O) groups excluding carboxylic acids is 1. The van der Waals surface area contributed by atoms with Crippen molar-refractivity contribution >= 4 is 12.1 Å². The Balaban J connectivity index is 1.99. The highest BCUT2D eigenvalue weighted by Gasteiger charge is 2.48. The maximum absolute atomic E-state index is 12.1. The summed E-state index contributed by atoms with van der Waals surface area (Å²) in [5.74, 6) is -0.651. The molecule has 0 saturated carbocycles. The quantitative estimate of drug-likeness (QED) is 0.810. The number of esters is 1. The normalized spacial score (nSPS) is 21.4. The van der Waals surface area contributed by atoms with Crippen LogP contribution in [0.15, 0.2) is 30.3 Å². The fourth-order valence-corrected chi connectivity index (χ4v) is 2.45. The van der Waals surface area contributed by atoms with Crippen molar-refractivity contribution in [3.8, 4) is 0 Å². The summed E-state index contributed by atoms with van der Waals surface area (Å²) >= 11 is 0. The van der Waals surface area contributed by atoms with Crippen LogP contribution in [-0.2, 0) is 20.9 Å². The number of amides is 1. The molecule has 0 aliphatic carbocycles. The zero-order valence-electron chi connectivity index (χ0n) is 12.6. The average Bonchev–Trinajstić information content (AvgIpc) is 2.80. The number of carboxylic acid groups (broad SMARTS) is 1. The van der Waals surface area contributed by atoms with Crippen LogP contribution in [0.2, 0.25) is 0 Å². The van der Waals surface area contributed by atoms with Crippen molar-refractivity contribution in [1.82, 2.24) is 4.90 Å². The van der Waals surface area contributed by atoms with Gasteiger partial charge >= 0.3 is 12.1 Å². The van der Waals surface area contributed by atoms with E-state index in [1.54, 1.807) is 13.8 Å². The second-order valence-corrected chi connectivity index (χ2v) is 5.60. The van der Waals surface area contributed by atoms with Gasteiger partial charge in [0.1, 0.15) is 18.4 Å². The number of ether oxygens (including phenoxy) is 2. The standard InChI is InChI=1S/C15H20N2O5/c1-15(2)17(14(19)20)11(9-22-15)12(16)13(18)21-8-10-6-4-3-5-7-10/h3-7,11-12H,8-9,16H2,1-2H3,(H,19,20)/t11-,12?/m0/s1. The number of carbonyl (C=O) groups is 2. The summed E-state index contributed by atoms with van der Waals surface area (Å²) in [6.07, 6.45) is -1.18. The molecule has 1 amide bonds. The van der Waals surface area contributed by atoms with E-state index in [1.807, 2.05) is 30.3 Å². The summed E-state index contributed by atoms with van der Waals surface area (Å²) < 4.78 is 10.6. The molecule has 1 unspecified atom stereocenters. The molecule has 120 valence electrons. The van der Waals surface area contributed by atoms with Crippen LogP contribution in [0.5, 0.6) is 0 Å². The second kappa shape index (κ2) is 6.33. The Kier molecular flexibility index (Phi) is 4.68. The molecule has 0 aromatic heterocycles. The third kappa shape index (κ3) is 3.37. The molecule has 1 heterocycles. The largest absolute Gasteiger partial charge is 0.465 e. The van der Waals surface area contributed by atoms with Crippen LogP contribution in [0, 0.1) is 0 Å². The van der Waals surface area contributed by atoms with E-state index in [0.717, 1.165) is 10.5 Å². The van der Waals surface area contributed by atoms with Crippen molar-refractivity contribution in [2.75, 3.05) is 6.61 Å². The van der Waals surface area contributed by atoms with Gasteiger partial charge in [0.15, 0.2) is 0 Å². The molecule has 2 rings (SSSR count). The van der Waals surface area contributed by atoms with Gasteiger partial charge in [-0.3, -0.25) is 9.69 Å². The van der Waals surface area contributed by atoms with Crippen LogP contribution in [0.4, 0.5) is 4.79 Å². The summed E-state index contributed by atoms with van der Waals surface area (Å²) in [7, 11) is 0. The summed E-state index contributed by atoms with van der Waals surface area (Å²) in [6.45, 7) is 3.38. The van der Waals surface area contributed by atoms with Crippen LogP contribution >= 0.6 is 0 Å². The number of rotatable bonds is 4. The Morgan fingerprint density at radius 1 is 1.45 bits per heavy atom. The Bertz CT molecular complexity index is 546. The van der Waals surface area contributed by atoms with E-state index < -0.39 is 29.9 Å². The van der Waals surface area contributed by atoms with Gasteiger partial charge in [0, 0.05) is 0 Å². The molecule has 0 spiro atoms. The summed E-state index contributed by atoms with van der Waals surface area (Å²) in [4.78, 5) is 24.5. The van der Waals surface area contributed by atoms with E-state index >= 15 is 0 Å². The summed E-state index contributed by atoms with van der Waals surface area (Å²) in [5.41, 5.74) is 5.69. The van der Waals surface area contributed by atoms with Gasteiger partial charge in [0.2, 0.25) is 0 Å². The summed E-state index contributed by atoms with van der Waals surface area (Å²) in [6, 6.07) is 7.32. The molecule has 1 saturated heterocycles. The predicted octanol–water partition coefficient (Wildman–Crippen LogP) is 1.17. The van der Waals surface area contributed by atoms with Crippen LogP contribution in [0.25, 0.3) is 0 Å². The molecule has 0 radical (unpaired) electrons. The molecule has 3 N–H and O–H groups in total. The molecule has 1 aliphatic heterocycles. The van der Waals surface area contributed by atoms with E-state index in [1.165, 1.54) is 0 Å². The molecular weight excluding hydrogens is 288 g/mol. The van der Waals surface area contributed by atoms with Crippen molar-refractivity contribution in [2.45, 2.75) is 38.3 Å². The monoisotopic (exact) mass is 308 g/mol. The van der Waals surface area contributed by atoms with Gasteiger partial charge in [0.25, 0.3) is 0 Å². The fraction of sp³-hybridized carbons (Fsp3) is 0.467. The molecule has 1 aromatic rings. The number of hydrogen-bond donors (Lipinski definition) is 2. The van der Waals surface area contributed by atoms with E-state index in [2.05, 4.69) is 0 Å². The molecule has 7 heteroatoms. The predicted molar refractivity (Wildman–Crippen MR) is 77.9 cm³/mol. The topological polar surface area (TPSA) is 102 Å². The highest BCUT2D eigenvalue weighted by atomic mass is 16.5. The first-order valence-electron chi connectivity index (χ1n) is 6.95. The Morgan fingerprint density at radius 2 is 2.09 bits per heavy atom. The molecule has 1 aliphatic rings. The number of nitrogens with two attached hydrogens (primary N) is 1. The van der Waals surface area contributed by atoms with Crippen molar-refractivity contribution < 1.29 is 24.2 Å². The van der Waals surface area contributed by atoms with Crippen molar-refractivity contribution in [3.05, 3.63) is 35.9 Å². The number of hydrogen-bond acceptors (Lipinski definition) is 5. The Morgan fingerprint density at radius 3 is 2.68 bits per heavy atom.